The Bertz CT molecular complexity index is 847. The molecule has 1 N–H and O–H groups in total. The zero-order valence-electron chi connectivity index (χ0n) is 16.0. The molecule has 5 heteroatoms. The van der Waals surface area contributed by atoms with Gasteiger partial charge in [0.25, 0.3) is 0 Å². The quantitative estimate of drug-likeness (QED) is 0.436. The summed E-state index contributed by atoms with van der Waals surface area (Å²) >= 11 is 0. The van der Waals surface area contributed by atoms with E-state index in [1.807, 2.05) is 56.3 Å². The van der Waals surface area contributed by atoms with Crippen molar-refractivity contribution in [3.05, 3.63) is 64.7 Å². The summed E-state index contributed by atoms with van der Waals surface area (Å²) in [5, 5.41) is 10.7. The van der Waals surface area contributed by atoms with E-state index in [0.29, 0.717) is 11.3 Å². The molecule has 0 aliphatic rings. The molecule has 0 aromatic heterocycles. The van der Waals surface area contributed by atoms with E-state index in [2.05, 4.69) is 0 Å². The van der Waals surface area contributed by atoms with E-state index in [-0.39, 0.29) is 23.7 Å². The number of carbonyl (C=O) groups is 1. The molecule has 0 radical (unpaired) electrons. The number of benzene rings is 2. The molecule has 27 heavy (non-hydrogen) atoms. The second-order valence-electron chi connectivity index (χ2n) is 6.05. The molecule has 2 aromatic carbocycles. The normalized spacial score (nSPS) is 10.5. The van der Waals surface area contributed by atoms with Crippen molar-refractivity contribution >= 4 is 18.1 Å². The highest BCUT2D eigenvalue weighted by Crippen LogP contribution is 2.42. The number of ether oxygens (including phenoxy) is 3. The van der Waals surface area contributed by atoms with Gasteiger partial charge in [-0.05, 0) is 37.1 Å². The van der Waals surface area contributed by atoms with Crippen LogP contribution in [0.15, 0.2) is 48.0 Å². The molecule has 0 heterocycles. The van der Waals surface area contributed by atoms with E-state index in [1.165, 1.54) is 14.2 Å². The van der Waals surface area contributed by atoms with E-state index in [0.717, 1.165) is 11.1 Å². The number of rotatable bonds is 7. The van der Waals surface area contributed by atoms with Gasteiger partial charge in [0.15, 0.2) is 11.5 Å². The van der Waals surface area contributed by atoms with E-state index < -0.39 is 5.97 Å². The number of carbonyl (C=O) groups excluding carboxylic acids is 1. The summed E-state index contributed by atoms with van der Waals surface area (Å²) in [5.41, 5.74) is 2.52. The van der Waals surface area contributed by atoms with E-state index in [1.54, 1.807) is 12.1 Å². The molecule has 142 valence electrons. The number of hydrogen-bond donors (Lipinski definition) is 1. The first-order chi connectivity index (χ1) is 13.0. The highest BCUT2D eigenvalue weighted by atomic mass is 16.5. The van der Waals surface area contributed by atoms with Crippen molar-refractivity contribution in [2.75, 3.05) is 20.8 Å². The molecule has 0 spiro atoms. The van der Waals surface area contributed by atoms with Gasteiger partial charge in [0, 0.05) is 0 Å². The standard InChI is InChI=1S/C22H24O5/c1-15(2)12-13-27-21-18(25-3)14-17(19(20(21)23)22(24)26-4)11-10-16-8-6-5-7-9-16/h5-12,14,23H,13H2,1-4H3/b11-10+. The Morgan fingerprint density at radius 3 is 2.41 bits per heavy atom. The number of aromatic hydroxyl groups is 1. The van der Waals surface area contributed by atoms with E-state index >= 15 is 0 Å². The van der Waals surface area contributed by atoms with Crippen LogP contribution < -0.4 is 9.47 Å². The number of phenolic OH excluding ortho intramolecular Hbond substituents is 1. The minimum Gasteiger partial charge on any atom is -0.504 e. The van der Waals surface area contributed by atoms with Gasteiger partial charge in [-0.25, -0.2) is 4.79 Å². The predicted octanol–water partition coefficient (Wildman–Crippen LogP) is 4.70. The summed E-state index contributed by atoms with van der Waals surface area (Å²) in [5.74, 6) is -0.534. The smallest absolute Gasteiger partial charge is 0.342 e. The maximum absolute atomic E-state index is 12.3. The minimum atomic E-state index is -0.657. The van der Waals surface area contributed by atoms with Crippen LogP contribution in [0.5, 0.6) is 17.2 Å². The fraction of sp³-hybridized carbons (Fsp3) is 0.227. The average Bonchev–Trinajstić information content (AvgIpc) is 2.67. The first-order valence-electron chi connectivity index (χ1n) is 8.49. The van der Waals surface area contributed by atoms with Gasteiger partial charge >= 0.3 is 5.97 Å². The lowest BCUT2D eigenvalue weighted by Crippen LogP contribution is -2.07. The topological polar surface area (TPSA) is 65.0 Å². The number of hydrogen-bond acceptors (Lipinski definition) is 5. The van der Waals surface area contributed by atoms with Gasteiger partial charge in [-0.3, -0.25) is 0 Å². The Kier molecular flexibility index (Phi) is 7.06. The van der Waals surface area contributed by atoms with Crippen LogP contribution in [-0.2, 0) is 4.74 Å². The molecule has 2 aromatic rings. The summed E-state index contributed by atoms with van der Waals surface area (Å²) in [4.78, 5) is 12.3. The molecule has 0 fully saturated rings. The Balaban J connectivity index is 2.52. The van der Waals surface area contributed by atoms with Gasteiger partial charge in [0.1, 0.15) is 12.2 Å². The van der Waals surface area contributed by atoms with Gasteiger partial charge in [-0.2, -0.15) is 0 Å². The fourth-order valence-electron chi connectivity index (χ4n) is 2.43. The Hall–Kier alpha value is -3.21. The fourth-order valence-corrected chi connectivity index (χ4v) is 2.43. The van der Waals surface area contributed by atoms with Crippen molar-refractivity contribution in [1.29, 1.82) is 0 Å². The number of phenols is 1. The highest BCUT2D eigenvalue weighted by Gasteiger charge is 2.24. The van der Waals surface area contributed by atoms with Crippen molar-refractivity contribution in [1.82, 2.24) is 0 Å². The first-order valence-corrected chi connectivity index (χ1v) is 8.49. The van der Waals surface area contributed by atoms with Crippen LogP contribution in [0.3, 0.4) is 0 Å². The molecule has 0 saturated carbocycles. The molecule has 0 aliphatic carbocycles. The molecule has 0 bridgehead atoms. The van der Waals surface area contributed by atoms with E-state index in [4.69, 9.17) is 14.2 Å². The van der Waals surface area contributed by atoms with Gasteiger partial charge in [-0.1, -0.05) is 48.1 Å². The summed E-state index contributed by atoms with van der Waals surface area (Å²) in [6.07, 6.45) is 5.42. The molecule has 0 atom stereocenters. The number of methoxy groups -OCH3 is 2. The lowest BCUT2D eigenvalue weighted by Gasteiger charge is -2.16. The predicted molar refractivity (Wildman–Crippen MR) is 106 cm³/mol. The molecular weight excluding hydrogens is 344 g/mol. The molecule has 0 unspecified atom stereocenters. The van der Waals surface area contributed by atoms with Crippen molar-refractivity contribution in [2.45, 2.75) is 13.8 Å². The summed E-state index contributed by atoms with van der Waals surface area (Å²) in [7, 11) is 2.74. The molecular formula is C22H24O5. The van der Waals surface area contributed by atoms with Crippen LogP contribution in [0.4, 0.5) is 0 Å². The van der Waals surface area contributed by atoms with Crippen LogP contribution in [0, 0.1) is 0 Å². The zero-order valence-corrected chi connectivity index (χ0v) is 16.0. The first kappa shape index (κ1) is 20.1. The van der Waals surface area contributed by atoms with Gasteiger partial charge in [0.05, 0.1) is 14.2 Å². The monoisotopic (exact) mass is 368 g/mol. The highest BCUT2D eigenvalue weighted by molar-refractivity contribution is 5.99. The Morgan fingerprint density at radius 1 is 1.11 bits per heavy atom. The van der Waals surface area contributed by atoms with Crippen LogP contribution in [0.1, 0.15) is 35.3 Å². The van der Waals surface area contributed by atoms with Crippen molar-refractivity contribution in [3.8, 4) is 17.2 Å². The molecule has 0 saturated heterocycles. The molecule has 0 aliphatic heterocycles. The SMILES string of the molecule is COC(=O)c1c(/C=C/c2ccccc2)cc(OC)c(OCC=C(C)C)c1O. The Morgan fingerprint density at radius 2 is 1.81 bits per heavy atom. The van der Waals surface area contributed by atoms with Gasteiger partial charge < -0.3 is 19.3 Å². The zero-order chi connectivity index (χ0) is 19.8. The summed E-state index contributed by atoms with van der Waals surface area (Å²) < 4.78 is 15.8. The lowest BCUT2D eigenvalue weighted by atomic mass is 10.0. The second kappa shape index (κ2) is 9.48. The minimum absolute atomic E-state index is 0.0256. The molecule has 0 amide bonds. The van der Waals surface area contributed by atoms with Crippen molar-refractivity contribution in [2.24, 2.45) is 0 Å². The average molecular weight is 368 g/mol. The Labute approximate surface area is 159 Å². The second-order valence-corrected chi connectivity index (χ2v) is 6.05. The number of esters is 1. The third kappa shape index (κ3) is 5.14. The van der Waals surface area contributed by atoms with Crippen LogP contribution >= 0.6 is 0 Å². The molecule has 2 rings (SSSR count). The van der Waals surface area contributed by atoms with Crippen LogP contribution in [0.25, 0.3) is 12.2 Å². The maximum atomic E-state index is 12.3. The molecule has 5 nitrogen and oxygen atoms in total. The summed E-state index contributed by atoms with van der Waals surface area (Å²) in [6, 6.07) is 11.3. The van der Waals surface area contributed by atoms with Crippen molar-refractivity contribution in [3.63, 3.8) is 0 Å². The van der Waals surface area contributed by atoms with Gasteiger partial charge in [-0.15, -0.1) is 0 Å². The van der Waals surface area contributed by atoms with Gasteiger partial charge in [0.2, 0.25) is 5.75 Å². The van der Waals surface area contributed by atoms with E-state index in [9.17, 15) is 9.90 Å². The number of allylic oxidation sites excluding steroid dienone is 1. The third-order valence-corrected chi connectivity index (χ3v) is 3.83. The summed E-state index contributed by atoms with van der Waals surface area (Å²) in [6.45, 7) is 4.13. The third-order valence-electron chi connectivity index (χ3n) is 3.83. The van der Waals surface area contributed by atoms with Crippen molar-refractivity contribution < 1.29 is 24.1 Å². The van der Waals surface area contributed by atoms with Crippen LogP contribution in [-0.4, -0.2) is 31.9 Å². The maximum Gasteiger partial charge on any atom is 0.342 e. The van der Waals surface area contributed by atoms with Crippen LogP contribution in [0.2, 0.25) is 0 Å². The lowest BCUT2D eigenvalue weighted by molar-refractivity contribution is 0.0596. The largest absolute Gasteiger partial charge is 0.504 e.